The van der Waals surface area contributed by atoms with Gasteiger partial charge in [-0.1, -0.05) is 69.2 Å². The fraction of sp³-hybridized carbons (Fsp3) is 0.412. The van der Waals surface area contributed by atoms with E-state index in [2.05, 4.69) is 61.7 Å². The zero-order chi connectivity index (χ0) is 13.7. The molecule has 1 atom stereocenters. The molecule has 102 valence electrons. The van der Waals surface area contributed by atoms with Gasteiger partial charge in [0.05, 0.1) is 0 Å². The van der Waals surface area contributed by atoms with Crippen LogP contribution in [0.2, 0.25) is 0 Å². The Balaban J connectivity index is 2.20. The molecule has 0 saturated heterocycles. The number of hydrogen-bond acceptors (Lipinski definition) is 2. The molecule has 2 rings (SSSR count). The van der Waals surface area contributed by atoms with E-state index in [-0.39, 0.29) is 6.04 Å². The molecule has 2 aromatic carbocycles. The van der Waals surface area contributed by atoms with Crippen LogP contribution in [0.25, 0.3) is 10.8 Å². The molecule has 0 aromatic heterocycles. The Morgan fingerprint density at radius 3 is 2.47 bits per heavy atom. The SMILES string of the molecule is CC(C)CCCC(NN)c1cccc2ccccc12. The average Bonchev–Trinajstić information content (AvgIpc) is 2.43. The smallest absolute Gasteiger partial charge is 0.0466 e. The van der Waals surface area contributed by atoms with Gasteiger partial charge in [-0.15, -0.1) is 0 Å². The first-order chi connectivity index (χ1) is 9.22. The third-order valence-electron chi connectivity index (χ3n) is 3.67. The van der Waals surface area contributed by atoms with Gasteiger partial charge >= 0.3 is 0 Å². The molecule has 1 unspecified atom stereocenters. The summed E-state index contributed by atoms with van der Waals surface area (Å²) in [6, 6.07) is 15.2. The Labute approximate surface area is 116 Å². The summed E-state index contributed by atoms with van der Waals surface area (Å²) < 4.78 is 0. The predicted octanol–water partition coefficient (Wildman–Crippen LogP) is 4.17. The van der Waals surface area contributed by atoms with Gasteiger partial charge in [0.15, 0.2) is 0 Å². The van der Waals surface area contributed by atoms with E-state index in [1.165, 1.54) is 29.2 Å². The molecule has 2 aromatic rings. The zero-order valence-corrected chi connectivity index (χ0v) is 11.9. The van der Waals surface area contributed by atoms with Gasteiger partial charge in [0, 0.05) is 6.04 Å². The second kappa shape index (κ2) is 6.69. The maximum atomic E-state index is 5.76. The van der Waals surface area contributed by atoms with Crippen molar-refractivity contribution in [3.8, 4) is 0 Å². The highest BCUT2D eigenvalue weighted by atomic mass is 15.2. The summed E-state index contributed by atoms with van der Waals surface area (Å²) in [6.45, 7) is 4.53. The molecule has 2 heteroatoms. The summed E-state index contributed by atoms with van der Waals surface area (Å²) in [5, 5.41) is 2.58. The summed E-state index contributed by atoms with van der Waals surface area (Å²) in [6.07, 6.45) is 3.54. The highest BCUT2D eigenvalue weighted by Gasteiger charge is 2.12. The van der Waals surface area contributed by atoms with E-state index in [0.29, 0.717) is 0 Å². The molecule has 0 heterocycles. The van der Waals surface area contributed by atoms with Gasteiger partial charge in [0.1, 0.15) is 0 Å². The molecule has 0 aliphatic rings. The fourth-order valence-electron chi connectivity index (χ4n) is 2.61. The molecule has 3 N–H and O–H groups in total. The van der Waals surface area contributed by atoms with Crippen LogP contribution in [0.1, 0.15) is 44.7 Å². The van der Waals surface area contributed by atoms with Gasteiger partial charge in [-0.05, 0) is 28.7 Å². The third kappa shape index (κ3) is 3.55. The fourth-order valence-corrected chi connectivity index (χ4v) is 2.61. The quantitative estimate of drug-likeness (QED) is 0.601. The summed E-state index contributed by atoms with van der Waals surface area (Å²) in [7, 11) is 0. The first-order valence-electron chi connectivity index (χ1n) is 7.16. The molecule has 0 spiro atoms. The molecule has 2 nitrogen and oxygen atoms in total. The normalized spacial score (nSPS) is 13.1. The number of rotatable bonds is 6. The molecule has 0 bridgehead atoms. The Morgan fingerprint density at radius 2 is 1.74 bits per heavy atom. The lowest BCUT2D eigenvalue weighted by Crippen LogP contribution is -2.28. The zero-order valence-electron chi connectivity index (χ0n) is 11.9. The average molecular weight is 256 g/mol. The van der Waals surface area contributed by atoms with Crippen molar-refractivity contribution in [2.75, 3.05) is 0 Å². The number of hydrazine groups is 1. The topological polar surface area (TPSA) is 38.0 Å². The van der Waals surface area contributed by atoms with Gasteiger partial charge in [0.2, 0.25) is 0 Å². The lowest BCUT2D eigenvalue weighted by molar-refractivity contribution is 0.457. The number of nitrogens with one attached hydrogen (secondary N) is 1. The van der Waals surface area contributed by atoms with Gasteiger partial charge in [-0.2, -0.15) is 0 Å². The molecule has 0 fully saturated rings. The maximum absolute atomic E-state index is 5.76. The van der Waals surface area contributed by atoms with Crippen LogP contribution in [0.4, 0.5) is 0 Å². The second-order valence-electron chi connectivity index (χ2n) is 5.61. The van der Waals surface area contributed by atoms with Crippen molar-refractivity contribution in [1.29, 1.82) is 0 Å². The molecule has 0 radical (unpaired) electrons. The van der Waals surface area contributed by atoms with Crippen molar-refractivity contribution in [2.24, 2.45) is 11.8 Å². The minimum absolute atomic E-state index is 0.241. The van der Waals surface area contributed by atoms with Gasteiger partial charge in [-0.25, -0.2) is 0 Å². The standard InChI is InChI=1S/C17H24N2/c1-13(2)7-5-12-17(19-18)16-11-6-9-14-8-3-4-10-15(14)16/h3-4,6,8-11,13,17,19H,5,7,12,18H2,1-2H3. The highest BCUT2D eigenvalue weighted by molar-refractivity contribution is 5.86. The maximum Gasteiger partial charge on any atom is 0.0466 e. The summed E-state index contributed by atoms with van der Waals surface area (Å²) >= 11 is 0. The van der Waals surface area contributed by atoms with Crippen LogP contribution in [0.5, 0.6) is 0 Å². The van der Waals surface area contributed by atoms with Crippen molar-refractivity contribution < 1.29 is 0 Å². The number of hydrogen-bond donors (Lipinski definition) is 2. The Morgan fingerprint density at radius 1 is 1.00 bits per heavy atom. The minimum atomic E-state index is 0.241. The summed E-state index contributed by atoms with van der Waals surface area (Å²) in [5.41, 5.74) is 4.29. The third-order valence-corrected chi connectivity index (χ3v) is 3.67. The first-order valence-corrected chi connectivity index (χ1v) is 7.16. The van der Waals surface area contributed by atoms with Gasteiger partial charge < -0.3 is 0 Å². The van der Waals surface area contributed by atoms with Crippen molar-refractivity contribution in [2.45, 2.75) is 39.2 Å². The van der Waals surface area contributed by atoms with E-state index in [1.54, 1.807) is 0 Å². The van der Waals surface area contributed by atoms with Crippen LogP contribution in [0, 0.1) is 5.92 Å². The van der Waals surface area contributed by atoms with Crippen LogP contribution < -0.4 is 11.3 Å². The second-order valence-corrected chi connectivity index (χ2v) is 5.61. The van der Waals surface area contributed by atoms with Crippen LogP contribution in [0.3, 0.4) is 0 Å². The largest absolute Gasteiger partial charge is 0.271 e. The van der Waals surface area contributed by atoms with Crippen molar-refractivity contribution >= 4 is 10.8 Å². The van der Waals surface area contributed by atoms with E-state index < -0.39 is 0 Å². The Kier molecular flexibility index (Phi) is 4.94. The molecule has 0 saturated carbocycles. The van der Waals surface area contributed by atoms with Crippen LogP contribution >= 0.6 is 0 Å². The van der Waals surface area contributed by atoms with Crippen LogP contribution in [0.15, 0.2) is 42.5 Å². The number of fused-ring (bicyclic) bond motifs is 1. The van der Waals surface area contributed by atoms with Crippen LogP contribution in [-0.2, 0) is 0 Å². The molecule has 0 aliphatic carbocycles. The van der Waals surface area contributed by atoms with Crippen molar-refractivity contribution in [3.05, 3.63) is 48.0 Å². The van der Waals surface area contributed by atoms with Crippen molar-refractivity contribution in [3.63, 3.8) is 0 Å². The number of nitrogens with two attached hydrogens (primary N) is 1. The van der Waals surface area contributed by atoms with E-state index in [4.69, 9.17) is 5.84 Å². The lowest BCUT2D eigenvalue weighted by atomic mass is 9.94. The van der Waals surface area contributed by atoms with Crippen LogP contribution in [-0.4, -0.2) is 0 Å². The number of benzene rings is 2. The minimum Gasteiger partial charge on any atom is -0.271 e. The van der Waals surface area contributed by atoms with Gasteiger partial charge in [-0.3, -0.25) is 11.3 Å². The highest BCUT2D eigenvalue weighted by Crippen LogP contribution is 2.27. The predicted molar refractivity (Wildman–Crippen MR) is 82.7 cm³/mol. The van der Waals surface area contributed by atoms with E-state index in [1.807, 2.05) is 0 Å². The molecular weight excluding hydrogens is 232 g/mol. The Bertz CT molecular complexity index is 514. The van der Waals surface area contributed by atoms with Crippen molar-refractivity contribution in [1.82, 2.24) is 5.43 Å². The van der Waals surface area contributed by atoms with E-state index in [9.17, 15) is 0 Å². The Hall–Kier alpha value is -1.38. The van der Waals surface area contributed by atoms with E-state index >= 15 is 0 Å². The molecule has 19 heavy (non-hydrogen) atoms. The first kappa shape index (κ1) is 14.0. The molecular formula is C17H24N2. The van der Waals surface area contributed by atoms with Gasteiger partial charge in [0.25, 0.3) is 0 Å². The lowest BCUT2D eigenvalue weighted by Gasteiger charge is -2.19. The molecule has 0 amide bonds. The van der Waals surface area contributed by atoms with E-state index in [0.717, 1.165) is 12.3 Å². The monoisotopic (exact) mass is 256 g/mol. The molecule has 0 aliphatic heterocycles. The summed E-state index contributed by atoms with van der Waals surface area (Å²) in [4.78, 5) is 0. The summed E-state index contributed by atoms with van der Waals surface area (Å²) in [5.74, 6) is 6.52.